The van der Waals surface area contributed by atoms with Gasteiger partial charge in [0.15, 0.2) is 18.9 Å². The lowest BCUT2D eigenvalue weighted by Gasteiger charge is -1.97. The van der Waals surface area contributed by atoms with E-state index in [2.05, 4.69) is 24.1 Å². The molecular formula is C8H12NS+. The number of pyridine rings is 1. The van der Waals surface area contributed by atoms with Gasteiger partial charge in [0, 0.05) is 12.1 Å². The molecule has 1 rings (SSSR count). The average Bonchev–Trinajstić information content (AvgIpc) is 1.88. The van der Waals surface area contributed by atoms with Gasteiger partial charge in [0.05, 0.1) is 5.25 Å². The van der Waals surface area contributed by atoms with E-state index in [-0.39, 0.29) is 0 Å². The van der Waals surface area contributed by atoms with E-state index in [1.807, 2.05) is 30.6 Å². The Labute approximate surface area is 67.1 Å². The van der Waals surface area contributed by atoms with Crippen molar-refractivity contribution in [2.75, 3.05) is 0 Å². The van der Waals surface area contributed by atoms with Gasteiger partial charge >= 0.3 is 0 Å². The predicted octanol–water partition coefficient (Wildman–Crippen LogP) is 1.29. The maximum atomic E-state index is 4.29. The summed E-state index contributed by atoms with van der Waals surface area (Å²) in [6.45, 7) is 3.06. The monoisotopic (exact) mass is 154 g/mol. The topological polar surface area (TPSA) is 3.88 Å². The van der Waals surface area contributed by atoms with Crippen LogP contribution in [0.4, 0.5) is 0 Å². The molecule has 1 aromatic rings. The van der Waals surface area contributed by atoms with Gasteiger partial charge in [0.25, 0.3) is 0 Å². The Morgan fingerprint density at radius 2 is 1.90 bits per heavy atom. The second-order valence-corrected chi connectivity index (χ2v) is 3.30. The average molecular weight is 154 g/mol. The molecule has 0 saturated heterocycles. The van der Waals surface area contributed by atoms with Crippen LogP contribution in [0.25, 0.3) is 0 Å². The van der Waals surface area contributed by atoms with Gasteiger partial charge in [-0.25, -0.2) is 4.57 Å². The molecule has 1 unspecified atom stereocenters. The lowest BCUT2D eigenvalue weighted by molar-refractivity contribution is -0.695. The first kappa shape index (κ1) is 7.61. The van der Waals surface area contributed by atoms with E-state index >= 15 is 0 Å². The van der Waals surface area contributed by atoms with Crippen LogP contribution < -0.4 is 4.57 Å². The van der Waals surface area contributed by atoms with Crippen molar-refractivity contribution in [3.8, 4) is 0 Å². The summed E-state index contributed by atoms with van der Waals surface area (Å²) in [5.41, 5.74) is 0. The standard InChI is InChI=1S/C8H11NS/c1-8(10)7-9-5-3-2-4-6-9/h2-6,8H,7H2,1H3/p+1. The summed E-state index contributed by atoms with van der Waals surface area (Å²) in [6.07, 6.45) is 4.10. The normalized spacial score (nSPS) is 13.0. The zero-order valence-electron chi connectivity index (χ0n) is 6.07. The smallest absolute Gasteiger partial charge is 0.168 e. The number of thiol groups is 1. The zero-order valence-corrected chi connectivity index (χ0v) is 6.96. The van der Waals surface area contributed by atoms with E-state index in [0.717, 1.165) is 6.54 Å². The van der Waals surface area contributed by atoms with Gasteiger partial charge in [-0.15, -0.1) is 0 Å². The zero-order chi connectivity index (χ0) is 7.40. The van der Waals surface area contributed by atoms with Gasteiger partial charge in [-0.05, 0) is 6.92 Å². The summed E-state index contributed by atoms with van der Waals surface area (Å²) in [4.78, 5) is 0. The predicted molar refractivity (Wildman–Crippen MR) is 45.1 cm³/mol. The third-order valence-electron chi connectivity index (χ3n) is 1.25. The largest absolute Gasteiger partial charge is 0.204 e. The maximum Gasteiger partial charge on any atom is 0.168 e. The van der Waals surface area contributed by atoms with Crippen LogP contribution in [0.15, 0.2) is 30.6 Å². The number of rotatable bonds is 2. The van der Waals surface area contributed by atoms with Crippen molar-refractivity contribution in [1.29, 1.82) is 0 Å². The summed E-state index contributed by atoms with van der Waals surface area (Å²) >= 11 is 4.29. The Kier molecular flexibility index (Phi) is 2.75. The highest BCUT2D eigenvalue weighted by Gasteiger charge is 2.00. The van der Waals surface area contributed by atoms with Crippen molar-refractivity contribution in [2.24, 2.45) is 0 Å². The number of aromatic nitrogens is 1. The van der Waals surface area contributed by atoms with Crippen molar-refractivity contribution in [1.82, 2.24) is 0 Å². The van der Waals surface area contributed by atoms with E-state index in [0.29, 0.717) is 5.25 Å². The number of hydrogen-bond donors (Lipinski definition) is 1. The SMILES string of the molecule is CC(S)C[n+]1ccccc1. The third-order valence-corrected chi connectivity index (χ3v) is 1.42. The summed E-state index contributed by atoms with van der Waals surface area (Å²) < 4.78 is 2.12. The van der Waals surface area contributed by atoms with Crippen molar-refractivity contribution >= 4 is 12.6 Å². The molecule has 0 aliphatic carbocycles. The molecule has 1 atom stereocenters. The van der Waals surface area contributed by atoms with Gasteiger partial charge in [0.1, 0.15) is 0 Å². The molecule has 0 radical (unpaired) electrons. The molecule has 1 aromatic heterocycles. The Morgan fingerprint density at radius 3 is 2.40 bits per heavy atom. The lowest BCUT2D eigenvalue weighted by atomic mass is 10.4. The molecule has 0 spiro atoms. The van der Waals surface area contributed by atoms with Crippen LogP contribution in [-0.2, 0) is 6.54 Å². The van der Waals surface area contributed by atoms with E-state index in [4.69, 9.17) is 0 Å². The second kappa shape index (κ2) is 3.62. The van der Waals surface area contributed by atoms with Crippen LogP contribution in [0.1, 0.15) is 6.92 Å². The van der Waals surface area contributed by atoms with Crippen LogP contribution in [0.2, 0.25) is 0 Å². The lowest BCUT2D eigenvalue weighted by Crippen LogP contribution is -2.36. The van der Waals surface area contributed by atoms with Gasteiger partial charge < -0.3 is 0 Å². The molecule has 0 aliphatic rings. The molecule has 0 fully saturated rings. The molecule has 0 amide bonds. The second-order valence-electron chi connectivity index (χ2n) is 2.42. The molecular weight excluding hydrogens is 142 g/mol. The van der Waals surface area contributed by atoms with Crippen molar-refractivity contribution in [3.63, 3.8) is 0 Å². The Morgan fingerprint density at radius 1 is 1.30 bits per heavy atom. The fourth-order valence-corrected chi connectivity index (χ4v) is 1.05. The summed E-state index contributed by atoms with van der Waals surface area (Å²) in [6, 6.07) is 6.06. The molecule has 1 heterocycles. The summed E-state index contributed by atoms with van der Waals surface area (Å²) in [7, 11) is 0. The van der Waals surface area contributed by atoms with Crippen LogP contribution in [0, 0.1) is 0 Å². The summed E-state index contributed by atoms with van der Waals surface area (Å²) in [5.74, 6) is 0. The molecule has 10 heavy (non-hydrogen) atoms. The minimum Gasteiger partial charge on any atom is -0.204 e. The molecule has 0 bridgehead atoms. The van der Waals surface area contributed by atoms with Gasteiger partial charge in [0.2, 0.25) is 0 Å². The van der Waals surface area contributed by atoms with Crippen molar-refractivity contribution in [3.05, 3.63) is 30.6 Å². The van der Waals surface area contributed by atoms with Gasteiger partial charge in [-0.3, -0.25) is 0 Å². The quantitative estimate of drug-likeness (QED) is 0.483. The molecule has 0 aliphatic heterocycles. The third kappa shape index (κ3) is 2.40. The Balaban J connectivity index is 2.59. The first-order chi connectivity index (χ1) is 4.79. The van der Waals surface area contributed by atoms with Crippen molar-refractivity contribution in [2.45, 2.75) is 18.7 Å². The highest BCUT2D eigenvalue weighted by molar-refractivity contribution is 7.80. The van der Waals surface area contributed by atoms with Gasteiger partial charge in [-0.1, -0.05) is 6.07 Å². The fourth-order valence-electron chi connectivity index (χ4n) is 0.861. The maximum absolute atomic E-state index is 4.29. The highest BCUT2D eigenvalue weighted by atomic mass is 32.1. The van der Waals surface area contributed by atoms with Crippen LogP contribution in [-0.4, -0.2) is 5.25 Å². The van der Waals surface area contributed by atoms with Crippen LogP contribution >= 0.6 is 12.6 Å². The van der Waals surface area contributed by atoms with Crippen LogP contribution in [0.5, 0.6) is 0 Å². The van der Waals surface area contributed by atoms with E-state index in [1.165, 1.54) is 0 Å². The molecule has 2 heteroatoms. The van der Waals surface area contributed by atoms with E-state index < -0.39 is 0 Å². The molecule has 1 nitrogen and oxygen atoms in total. The highest BCUT2D eigenvalue weighted by Crippen LogP contribution is 1.90. The first-order valence-corrected chi connectivity index (χ1v) is 3.93. The fraction of sp³-hybridized carbons (Fsp3) is 0.375. The van der Waals surface area contributed by atoms with Gasteiger partial charge in [-0.2, -0.15) is 12.6 Å². The molecule has 0 N–H and O–H groups in total. The first-order valence-electron chi connectivity index (χ1n) is 3.41. The Bertz CT molecular complexity index is 184. The number of nitrogens with zero attached hydrogens (tertiary/aromatic N) is 1. The van der Waals surface area contributed by atoms with Crippen LogP contribution in [0.3, 0.4) is 0 Å². The molecule has 54 valence electrons. The minimum atomic E-state index is 0.424. The van der Waals surface area contributed by atoms with E-state index in [9.17, 15) is 0 Å². The molecule has 0 aromatic carbocycles. The Hall–Kier alpha value is -0.500. The molecule has 0 saturated carbocycles. The summed E-state index contributed by atoms with van der Waals surface area (Å²) in [5, 5.41) is 0.424. The van der Waals surface area contributed by atoms with Crippen molar-refractivity contribution < 1.29 is 4.57 Å². The minimum absolute atomic E-state index is 0.424. The van der Waals surface area contributed by atoms with E-state index in [1.54, 1.807) is 0 Å². The number of hydrogen-bond acceptors (Lipinski definition) is 1.